The van der Waals surface area contributed by atoms with Crippen molar-refractivity contribution in [3.8, 4) is 0 Å². The average molecular weight is 268 g/mol. The molecule has 3 heteroatoms. The fourth-order valence-electron chi connectivity index (χ4n) is 2.25. The van der Waals surface area contributed by atoms with Gasteiger partial charge in [-0.25, -0.2) is 4.98 Å². The minimum atomic E-state index is 0.888. The molecule has 19 heavy (non-hydrogen) atoms. The summed E-state index contributed by atoms with van der Waals surface area (Å²) in [6, 6.07) is 15.0. The summed E-state index contributed by atoms with van der Waals surface area (Å²) in [4.78, 5) is 5.59. The maximum Gasteiger partial charge on any atom is 0.0798 e. The number of rotatable bonds is 4. The molecule has 3 aromatic rings. The van der Waals surface area contributed by atoms with Gasteiger partial charge in [-0.1, -0.05) is 42.5 Å². The quantitative estimate of drug-likeness (QED) is 0.776. The molecule has 0 saturated carbocycles. The molecule has 2 aromatic carbocycles. The van der Waals surface area contributed by atoms with Crippen molar-refractivity contribution < 1.29 is 0 Å². The molecular weight excluding hydrogens is 252 g/mol. The summed E-state index contributed by atoms with van der Waals surface area (Å²) in [5.41, 5.74) is 4.39. The van der Waals surface area contributed by atoms with Crippen LogP contribution in [0.25, 0.3) is 10.8 Å². The van der Waals surface area contributed by atoms with E-state index in [2.05, 4.69) is 59.7 Å². The standard InChI is InChI=1S/C16H16N2S/c1-12-16(19-11-18-12)10-17-9-14-7-4-6-13-5-2-3-8-15(13)14/h2-8,11,17H,9-10H2,1H3. The van der Waals surface area contributed by atoms with Crippen molar-refractivity contribution >= 4 is 22.1 Å². The Hall–Kier alpha value is -1.71. The first-order valence-electron chi connectivity index (χ1n) is 6.41. The molecule has 0 aliphatic rings. The van der Waals surface area contributed by atoms with Crippen LogP contribution in [-0.4, -0.2) is 4.98 Å². The lowest BCUT2D eigenvalue weighted by atomic mass is 10.0. The largest absolute Gasteiger partial charge is 0.308 e. The molecule has 0 aliphatic carbocycles. The van der Waals surface area contributed by atoms with E-state index in [4.69, 9.17) is 0 Å². The third-order valence-corrected chi connectivity index (χ3v) is 4.26. The highest BCUT2D eigenvalue weighted by Crippen LogP contribution is 2.18. The minimum absolute atomic E-state index is 0.888. The third kappa shape index (κ3) is 2.67. The Morgan fingerprint density at radius 1 is 1.05 bits per heavy atom. The van der Waals surface area contributed by atoms with E-state index in [9.17, 15) is 0 Å². The molecule has 0 saturated heterocycles. The van der Waals surface area contributed by atoms with Gasteiger partial charge in [-0.2, -0.15) is 0 Å². The second-order valence-electron chi connectivity index (χ2n) is 4.60. The van der Waals surface area contributed by atoms with Gasteiger partial charge >= 0.3 is 0 Å². The molecule has 0 radical (unpaired) electrons. The van der Waals surface area contributed by atoms with Crippen LogP contribution < -0.4 is 5.32 Å². The van der Waals surface area contributed by atoms with Crippen LogP contribution in [0.2, 0.25) is 0 Å². The van der Waals surface area contributed by atoms with Crippen molar-refractivity contribution in [1.82, 2.24) is 10.3 Å². The Kier molecular flexibility index (Phi) is 3.58. The van der Waals surface area contributed by atoms with Crippen LogP contribution in [-0.2, 0) is 13.1 Å². The van der Waals surface area contributed by atoms with E-state index in [1.807, 2.05) is 5.51 Å². The summed E-state index contributed by atoms with van der Waals surface area (Å²) in [6.07, 6.45) is 0. The van der Waals surface area contributed by atoms with Gasteiger partial charge in [0.05, 0.1) is 11.2 Å². The number of thiazole rings is 1. The van der Waals surface area contributed by atoms with Crippen LogP contribution in [0.15, 0.2) is 48.0 Å². The van der Waals surface area contributed by atoms with Gasteiger partial charge in [0, 0.05) is 18.0 Å². The van der Waals surface area contributed by atoms with Gasteiger partial charge in [-0.05, 0) is 23.3 Å². The topological polar surface area (TPSA) is 24.9 Å². The molecule has 0 unspecified atom stereocenters. The maximum absolute atomic E-state index is 4.27. The summed E-state index contributed by atoms with van der Waals surface area (Å²) < 4.78 is 0. The maximum atomic E-state index is 4.27. The Balaban J connectivity index is 1.74. The number of nitrogens with zero attached hydrogens (tertiary/aromatic N) is 1. The van der Waals surface area contributed by atoms with Crippen LogP contribution in [0.1, 0.15) is 16.1 Å². The van der Waals surface area contributed by atoms with Crippen molar-refractivity contribution in [2.75, 3.05) is 0 Å². The highest BCUT2D eigenvalue weighted by molar-refractivity contribution is 7.09. The molecule has 0 atom stereocenters. The summed E-state index contributed by atoms with van der Waals surface area (Å²) in [6.45, 7) is 3.84. The first-order valence-corrected chi connectivity index (χ1v) is 7.29. The summed E-state index contributed by atoms with van der Waals surface area (Å²) in [7, 11) is 0. The molecular formula is C16H16N2S. The van der Waals surface area contributed by atoms with Gasteiger partial charge in [-0.3, -0.25) is 0 Å². The predicted octanol–water partition coefficient (Wildman–Crippen LogP) is 3.89. The number of fused-ring (bicyclic) bond motifs is 1. The van der Waals surface area contributed by atoms with Crippen molar-refractivity contribution in [1.29, 1.82) is 0 Å². The number of hydrogen-bond acceptors (Lipinski definition) is 3. The molecule has 1 aromatic heterocycles. The number of nitrogens with one attached hydrogen (secondary N) is 1. The Morgan fingerprint density at radius 3 is 2.74 bits per heavy atom. The second kappa shape index (κ2) is 5.51. The summed E-state index contributed by atoms with van der Waals surface area (Å²) in [5, 5.41) is 6.14. The smallest absolute Gasteiger partial charge is 0.0798 e. The van der Waals surface area contributed by atoms with Crippen LogP contribution in [0.5, 0.6) is 0 Å². The second-order valence-corrected chi connectivity index (χ2v) is 5.54. The molecule has 96 valence electrons. The van der Waals surface area contributed by atoms with E-state index >= 15 is 0 Å². The van der Waals surface area contributed by atoms with E-state index < -0.39 is 0 Å². The van der Waals surface area contributed by atoms with Crippen LogP contribution in [0, 0.1) is 6.92 Å². The van der Waals surface area contributed by atoms with Crippen molar-refractivity contribution in [3.05, 3.63) is 64.1 Å². The van der Waals surface area contributed by atoms with Crippen molar-refractivity contribution in [2.24, 2.45) is 0 Å². The summed E-state index contributed by atoms with van der Waals surface area (Å²) in [5.74, 6) is 0. The first kappa shape index (κ1) is 12.3. The fourth-order valence-corrected chi connectivity index (χ4v) is 3.00. The zero-order chi connectivity index (χ0) is 13.1. The van der Waals surface area contributed by atoms with E-state index in [-0.39, 0.29) is 0 Å². The third-order valence-electron chi connectivity index (χ3n) is 3.33. The van der Waals surface area contributed by atoms with E-state index in [1.54, 1.807) is 11.3 Å². The van der Waals surface area contributed by atoms with Gasteiger partial charge in [-0.15, -0.1) is 11.3 Å². The average Bonchev–Trinajstić information content (AvgIpc) is 2.85. The molecule has 3 rings (SSSR count). The Morgan fingerprint density at radius 2 is 1.89 bits per heavy atom. The molecule has 1 N–H and O–H groups in total. The number of aryl methyl sites for hydroxylation is 1. The fraction of sp³-hybridized carbons (Fsp3) is 0.188. The number of aromatic nitrogens is 1. The minimum Gasteiger partial charge on any atom is -0.308 e. The zero-order valence-electron chi connectivity index (χ0n) is 10.9. The molecule has 0 fully saturated rings. The van der Waals surface area contributed by atoms with Crippen LogP contribution in [0.3, 0.4) is 0 Å². The van der Waals surface area contributed by atoms with Gasteiger partial charge in [0.2, 0.25) is 0 Å². The number of hydrogen-bond donors (Lipinski definition) is 1. The van der Waals surface area contributed by atoms with E-state index in [0.717, 1.165) is 18.8 Å². The van der Waals surface area contributed by atoms with Crippen molar-refractivity contribution in [3.63, 3.8) is 0 Å². The molecule has 2 nitrogen and oxygen atoms in total. The predicted molar refractivity (Wildman–Crippen MR) is 81.3 cm³/mol. The lowest BCUT2D eigenvalue weighted by Crippen LogP contribution is -2.12. The van der Waals surface area contributed by atoms with Crippen LogP contribution >= 0.6 is 11.3 Å². The molecule has 0 spiro atoms. The Bertz CT molecular complexity index is 683. The molecule has 0 bridgehead atoms. The van der Waals surface area contributed by atoms with E-state index in [0.29, 0.717) is 0 Å². The Labute approximate surface area is 117 Å². The first-order chi connectivity index (χ1) is 9.34. The lowest BCUT2D eigenvalue weighted by Gasteiger charge is -2.07. The normalized spacial score (nSPS) is 11.0. The summed E-state index contributed by atoms with van der Waals surface area (Å²) >= 11 is 1.71. The SMILES string of the molecule is Cc1ncsc1CNCc1cccc2ccccc12. The lowest BCUT2D eigenvalue weighted by molar-refractivity contribution is 0.700. The van der Waals surface area contributed by atoms with Gasteiger partial charge in [0.25, 0.3) is 0 Å². The van der Waals surface area contributed by atoms with Crippen molar-refractivity contribution in [2.45, 2.75) is 20.0 Å². The van der Waals surface area contributed by atoms with Gasteiger partial charge in [0.15, 0.2) is 0 Å². The van der Waals surface area contributed by atoms with Gasteiger partial charge in [0.1, 0.15) is 0 Å². The molecule has 1 heterocycles. The molecule has 0 amide bonds. The van der Waals surface area contributed by atoms with Gasteiger partial charge < -0.3 is 5.32 Å². The monoisotopic (exact) mass is 268 g/mol. The molecule has 0 aliphatic heterocycles. The highest BCUT2D eigenvalue weighted by Gasteiger charge is 2.02. The van der Waals surface area contributed by atoms with Crippen LogP contribution in [0.4, 0.5) is 0 Å². The van der Waals surface area contributed by atoms with E-state index in [1.165, 1.54) is 21.2 Å². The number of benzene rings is 2. The zero-order valence-corrected chi connectivity index (χ0v) is 11.7. The highest BCUT2D eigenvalue weighted by atomic mass is 32.1.